The van der Waals surface area contributed by atoms with Crippen LogP contribution in [0.1, 0.15) is 31.2 Å². The second-order valence-corrected chi connectivity index (χ2v) is 7.49. The first-order valence-electron chi connectivity index (χ1n) is 9.23. The van der Waals surface area contributed by atoms with Crippen molar-refractivity contribution < 1.29 is 19.5 Å². The van der Waals surface area contributed by atoms with Crippen LogP contribution in [0.4, 0.5) is 16.2 Å². The van der Waals surface area contributed by atoms with Crippen molar-refractivity contribution in [3.63, 3.8) is 0 Å². The van der Waals surface area contributed by atoms with E-state index in [-0.39, 0.29) is 18.5 Å². The third kappa shape index (κ3) is 3.38. The summed E-state index contributed by atoms with van der Waals surface area (Å²) in [6.45, 7) is 1.50. The lowest BCUT2D eigenvalue weighted by Crippen LogP contribution is -2.37. The number of fused-ring (bicyclic) bond motifs is 1. The molecule has 1 aromatic rings. The van der Waals surface area contributed by atoms with E-state index in [1.54, 1.807) is 4.90 Å². The maximum atomic E-state index is 12.4. The molecule has 0 aromatic heterocycles. The Morgan fingerprint density at radius 2 is 2.00 bits per heavy atom. The Balaban J connectivity index is 1.44. The number of benzene rings is 1. The fourth-order valence-electron chi connectivity index (χ4n) is 3.75. The number of hydrogen-bond donors (Lipinski definition) is 2. The molecule has 1 aromatic carbocycles. The Labute approximate surface area is 152 Å². The van der Waals surface area contributed by atoms with Crippen molar-refractivity contribution in [2.24, 2.45) is 11.8 Å². The van der Waals surface area contributed by atoms with Gasteiger partial charge in [0.25, 0.3) is 0 Å². The number of nitrogens with zero attached hydrogens (tertiary/aromatic N) is 2. The van der Waals surface area contributed by atoms with Crippen LogP contribution < -0.4 is 10.2 Å². The quantitative estimate of drug-likeness (QED) is 0.865. The Morgan fingerprint density at radius 3 is 2.69 bits per heavy atom. The molecule has 2 aliphatic heterocycles. The van der Waals surface area contributed by atoms with Gasteiger partial charge in [-0.15, -0.1) is 0 Å². The molecule has 2 heterocycles. The molecule has 2 N–H and O–H groups in total. The molecule has 1 atom stereocenters. The van der Waals surface area contributed by atoms with Gasteiger partial charge in [0.2, 0.25) is 5.91 Å². The molecule has 0 bridgehead atoms. The predicted molar refractivity (Wildman–Crippen MR) is 96.2 cm³/mol. The highest BCUT2D eigenvalue weighted by molar-refractivity contribution is 5.97. The Kier molecular flexibility index (Phi) is 4.30. The first-order valence-corrected chi connectivity index (χ1v) is 9.23. The maximum Gasteiger partial charge on any atom is 0.321 e. The summed E-state index contributed by atoms with van der Waals surface area (Å²) in [6.07, 6.45) is 4.07. The molecule has 0 radical (unpaired) electrons. The lowest BCUT2D eigenvalue weighted by atomic mass is 10.00. The molecule has 1 saturated heterocycles. The van der Waals surface area contributed by atoms with E-state index in [0.29, 0.717) is 37.4 Å². The van der Waals surface area contributed by atoms with Gasteiger partial charge >= 0.3 is 12.0 Å². The minimum Gasteiger partial charge on any atom is -0.481 e. The van der Waals surface area contributed by atoms with Crippen molar-refractivity contribution in [1.29, 1.82) is 0 Å². The third-order valence-electron chi connectivity index (χ3n) is 5.49. The minimum atomic E-state index is -0.852. The van der Waals surface area contributed by atoms with E-state index in [9.17, 15) is 14.4 Å². The van der Waals surface area contributed by atoms with E-state index >= 15 is 0 Å². The smallest absolute Gasteiger partial charge is 0.321 e. The topological polar surface area (TPSA) is 90.0 Å². The lowest BCUT2D eigenvalue weighted by Gasteiger charge is -2.30. The summed E-state index contributed by atoms with van der Waals surface area (Å²) in [6, 6.07) is 5.40. The number of likely N-dealkylation sites (tertiary alicyclic amines) is 1. The Morgan fingerprint density at radius 1 is 1.19 bits per heavy atom. The van der Waals surface area contributed by atoms with Crippen LogP contribution >= 0.6 is 0 Å². The van der Waals surface area contributed by atoms with Gasteiger partial charge in [-0.3, -0.25) is 9.59 Å². The van der Waals surface area contributed by atoms with Crippen molar-refractivity contribution in [1.82, 2.24) is 4.90 Å². The minimum absolute atomic E-state index is 0.179. The molecular weight excluding hydrogens is 334 g/mol. The summed E-state index contributed by atoms with van der Waals surface area (Å²) in [7, 11) is 0. The normalized spacial score (nSPS) is 22.3. The van der Waals surface area contributed by atoms with Gasteiger partial charge in [-0.25, -0.2) is 4.79 Å². The van der Waals surface area contributed by atoms with Gasteiger partial charge in [0.15, 0.2) is 0 Å². The van der Waals surface area contributed by atoms with Gasteiger partial charge in [-0.1, -0.05) is 0 Å². The van der Waals surface area contributed by atoms with E-state index < -0.39 is 11.9 Å². The Hall–Kier alpha value is -2.57. The van der Waals surface area contributed by atoms with Crippen LogP contribution in [-0.4, -0.2) is 47.5 Å². The monoisotopic (exact) mass is 357 g/mol. The van der Waals surface area contributed by atoms with Crippen molar-refractivity contribution in [2.45, 2.75) is 32.1 Å². The van der Waals surface area contributed by atoms with Gasteiger partial charge in [-0.05, 0) is 55.4 Å². The zero-order valence-electron chi connectivity index (χ0n) is 14.6. The standard InChI is InChI=1S/C19H23N3O4/c23-17-6-3-13-9-15(4-5-16(13)22(17)10-12-1-2-12)20-19(26)21-8-7-14(11-21)18(24)25/h4-5,9,12,14H,1-3,6-8,10-11H2,(H,20,26)(H,24,25). The highest BCUT2D eigenvalue weighted by Gasteiger charge is 2.32. The van der Waals surface area contributed by atoms with Crippen LogP contribution in [0.5, 0.6) is 0 Å². The van der Waals surface area contributed by atoms with E-state index in [2.05, 4.69) is 5.32 Å². The summed E-state index contributed by atoms with van der Waals surface area (Å²) < 4.78 is 0. The van der Waals surface area contributed by atoms with Gasteiger partial charge in [0, 0.05) is 37.4 Å². The van der Waals surface area contributed by atoms with Gasteiger partial charge in [0.1, 0.15) is 0 Å². The van der Waals surface area contributed by atoms with Crippen molar-refractivity contribution in [3.05, 3.63) is 23.8 Å². The molecule has 138 valence electrons. The zero-order valence-corrected chi connectivity index (χ0v) is 14.6. The summed E-state index contributed by atoms with van der Waals surface area (Å²) in [4.78, 5) is 39.1. The van der Waals surface area contributed by atoms with Crippen molar-refractivity contribution in [3.8, 4) is 0 Å². The molecule has 4 rings (SSSR count). The molecule has 1 aliphatic carbocycles. The van der Waals surface area contributed by atoms with Crippen LogP contribution in [0.2, 0.25) is 0 Å². The average molecular weight is 357 g/mol. The highest BCUT2D eigenvalue weighted by Crippen LogP contribution is 2.36. The van der Waals surface area contributed by atoms with Gasteiger partial charge in [0.05, 0.1) is 5.92 Å². The maximum absolute atomic E-state index is 12.4. The largest absolute Gasteiger partial charge is 0.481 e. The number of aliphatic carboxylic acids is 1. The second-order valence-electron chi connectivity index (χ2n) is 7.49. The number of carbonyl (C=O) groups is 3. The molecule has 1 saturated carbocycles. The van der Waals surface area contributed by atoms with E-state index in [1.165, 1.54) is 12.8 Å². The van der Waals surface area contributed by atoms with Crippen molar-refractivity contribution >= 4 is 29.3 Å². The molecule has 7 nitrogen and oxygen atoms in total. The van der Waals surface area contributed by atoms with Crippen LogP contribution in [-0.2, 0) is 16.0 Å². The van der Waals surface area contributed by atoms with Crippen LogP contribution in [0.3, 0.4) is 0 Å². The molecule has 0 spiro atoms. The predicted octanol–water partition coefficient (Wildman–Crippen LogP) is 2.31. The van der Waals surface area contributed by atoms with E-state index in [4.69, 9.17) is 5.11 Å². The lowest BCUT2D eigenvalue weighted by molar-refractivity contribution is -0.141. The van der Waals surface area contributed by atoms with Crippen molar-refractivity contribution in [2.75, 3.05) is 29.9 Å². The molecule has 3 aliphatic rings. The van der Waals surface area contributed by atoms with Crippen LogP contribution in [0.15, 0.2) is 18.2 Å². The number of carboxylic acids is 1. The summed E-state index contributed by atoms with van der Waals surface area (Å²) in [5, 5.41) is 11.9. The number of aryl methyl sites for hydroxylation is 1. The number of carbonyl (C=O) groups excluding carboxylic acids is 2. The molecule has 7 heteroatoms. The molecular formula is C19H23N3O4. The number of carboxylic acid groups (broad SMARTS) is 1. The summed E-state index contributed by atoms with van der Waals surface area (Å²) >= 11 is 0. The number of urea groups is 1. The second kappa shape index (κ2) is 6.63. The highest BCUT2D eigenvalue weighted by atomic mass is 16.4. The van der Waals surface area contributed by atoms with Crippen LogP contribution in [0, 0.1) is 11.8 Å². The molecule has 26 heavy (non-hydrogen) atoms. The first-order chi connectivity index (χ1) is 12.5. The SMILES string of the molecule is O=C(O)C1CCN(C(=O)Nc2ccc3c(c2)CCC(=O)N3CC2CC2)C1. The molecule has 2 fully saturated rings. The summed E-state index contributed by atoms with van der Waals surface area (Å²) in [5.41, 5.74) is 2.72. The summed E-state index contributed by atoms with van der Waals surface area (Å²) in [5.74, 6) is -0.527. The number of rotatable bonds is 4. The van der Waals surface area contributed by atoms with Gasteiger partial charge in [-0.2, -0.15) is 0 Å². The number of amides is 3. The fraction of sp³-hybridized carbons (Fsp3) is 0.526. The fourth-order valence-corrected chi connectivity index (χ4v) is 3.75. The number of nitrogens with one attached hydrogen (secondary N) is 1. The molecule has 1 unspecified atom stereocenters. The van der Waals surface area contributed by atoms with E-state index in [0.717, 1.165) is 17.8 Å². The average Bonchev–Trinajstić information content (AvgIpc) is 3.29. The number of hydrogen-bond acceptors (Lipinski definition) is 3. The van der Waals surface area contributed by atoms with Gasteiger partial charge < -0.3 is 20.2 Å². The first kappa shape index (κ1) is 16.9. The van der Waals surface area contributed by atoms with Crippen LogP contribution in [0.25, 0.3) is 0 Å². The Bertz CT molecular complexity index is 759. The molecule has 3 amide bonds. The third-order valence-corrected chi connectivity index (χ3v) is 5.49. The number of anilines is 2. The van der Waals surface area contributed by atoms with E-state index in [1.807, 2.05) is 23.1 Å². The zero-order chi connectivity index (χ0) is 18.3.